The highest BCUT2D eigenvalue weighted by molar-refractivity contribution is 5.92. The Labute approximate surface area is 113 Å². The largest absolute Gasteiger partial charge is 0.342 e. The van der Waals surface area contributed by atoms with Crippen molar-refractivity contribution >= 4 is 11.8 Å². The number of carbonyl (C=O) groups excluding carboxylic acids is 2. The molecule has 102 valence electrons. The van der Waals surface area contributed by atoms with E-state index in [2.05, 4.69) is 10.3 Å². The van der Waals surface area contributed by atoms with E-state index >= 15 is 0 Å². The fourth-order valence-corrected chi connectivity index (χ4v) is 2.21. The molecule has 5 nitrogen and oxygen atoms in total. The number of aromatic nitrogens is 1. The zero-order valence-electron chi connectivity index (χ0n) is 11.6. The smallest absolute Gasteiger partial charge is 0.248 e. The maximum absolute atomic E-state index is 12.4. The van der Waals surface area contributed by atoms with Gasteiger partial charge in [-0.25, -0.2) is 0 Å². The Kier molecular flexibility index (Phi) is 3.55. The molecule has 0 radical (unpaired) electrons. The second-order valence-electron chi connectivity index (χ2n) is 5.42. The average molecular weight is 261 g/mol. The van der Waals surface area contributed by atoms with Crippen LogP contribution in [-0.2, 0) is 16.1 Å². The van der Waals surface area contributed by atoms with Gasteiger partial charge < -0.3 is 10.2 Å². The minimum absolute atomic E-state index is 0.0663. The molecule has 2 heterocycles. The van der Waals surface area contributed by atoms with Crippen molar-refractivity contribution in [3.63, 3.8) is 0 Å². The number of amides is 2. The summed E-state index contributed by atoms with van der Waals surface area (Å²) in [4.78, 5) is 30.0. The third-order valence-electron chi connectivity index (χ3n) is 3.34. The molecule has 19 heavy (non-hydrogen) atoms. The first-order valence-corrected chi connectivity index (χ1v) is 6.41. The van der Waals surface area contributed by atoms with Gasteiger partial charge in [-0.15, -0.1) is 0 Å². The summed E-state index contributed by atoms with van der Waals surface area (Å²) in [7, 11) is 0. The van der Waals surface area contributed by atoms with Crippen molar-refractivity contribution in [2.75, 3.05) is 6.54 Å². The zero-order chi connectivity index (χ0) is 14.0. The van der Waals surface area contributed by atoms with Gasteiger partial charge in [-0.1, -0.05) is 6.07 Å². The van der Waals surface area contributed by atoms with Crippen LogP contribution in [0, 0.1) is 6.92 Å². The molecule has 1 aromatic rings. The lowest BCUT2D eigenvalue weighted by atomic mass is 10.0. The first-order valence-electron chi connectivity index (χ1n) is 6.41. The van der Waals surface area contributed by atoms with E-state index in [1.54, 1.807) is 24.9 Å². The van der Waals surface area contributed by atoms with Crippen molar-refractivity contribution in [1.82, 2.24) is 15.2 Å². The third-order valence-corrected chi connectivity index (χ3v) is 3.34. The van der Waals surface area contributed by atoms with Crippen LogP contribution in [0.5, 0.6) is 0 Å². The Bertz CT molecular complexity index is 511. The van der Waals surface area contributed by atoms with Crippen LogP contribution >= 0.6 is 0 Å². The monoisotopic (exact) mass is 261 g/mol. The van der Waals surface area contributed by atoms with E-state index in [1.807, 2.05) is 19.1 Å². The molecule has 0 bridgehead atoms. The highest BCUT2D eigenvalue weighted by Crippen LogP contribution is 2.16. The first-order chi connectivity index (χ1) is 8.90. The Hall–Kier alpha value is -1.91. The second-order valence-corrected chi connectivity index (χ2v) is 5.42. The molecule has 0 spiro atoms. The quantitative estimate of drug-likeness (QED) is 0.864. The van der Waals surface area contributed by atoms with Crippen LogP contribution < -0.4 is 5.32 Å². The number of nitrogens with zero attached hydrogens (tertiary/aromatic N) is 2. The summed E-state index contributed by atoms with van der Waals surface area (Å²) in [5.74, 6) is -0.151. The molecule has 0 aromatic carbocycles. The van der Waals surface area contributed by atoms with Crippen LogP contribution in [0.2, 0.25) is 0 Å². The molecule has 1 aliphatic rings. The van der Waals surface area contributed by atoms with Crippen molar-refractivity contribution in [1.29, 1.82) is 0 Å². The molecule has 1 fully saturated rings. The van der Waals surface area contributed by atoms with E-state index in [-0.39, 0.29) is 11.8 Å². The van der Waals surface area contributed by atoms with Gasteiger partial charge in [0.15, 0.2) is 0 Å². The van der Waals surface area contributed by atoms with Gasteiger partial charge >= 0.3 is 0 Å². The second kappa shape index (κ2) is 4.99. The molecule has 0 atom stereocenters. The van der Waals surface area contributed by atoms with Crippen molar-refractivity contribution in [2.24, 2.45) is 0 Å². The Morgan fingerprint density at radius 2 is 2.16 bits per heavy atom. The van der Waals surface area contributed by atoms with Crippen molar-refractivity contribution in [3.8, 4) is 0 Å². The topological polar surface area (TPSA) is 62.3 Å². The number of aryl methyl sites for hydroxylation is 1. The van der Waals surface area contributed by atoms with E-state index in [0.29, 0.717) is 19.5 Å². The number of pyridine rings is 1. The highest BCUT2D eigenvalue weighted by Gasteiger charge is 2.36. The molecule has 0 unspecified atom stereocenters. The maximum Gasteiger partial charge on any atom is 0.248 e. The highest BCUT2D eigenvalue weighted by atomic mass is 16.2. The van der Waals surface area contributed by atoms with Crippen LogP contribution in [0.4, 0.5) is 0 Å². The third kappa shape index (κ3) is 2.92. The van der Waals surface area contributed by atoms with Crippen LogP contribution in [0.15, 0.2) is 18.3 Å². The molecule has 2 rings (SSSR count). The lowest BCUT2D eigenvalue weighted by Gasteiger charge is -2.28. The maximum atomic E-state index is 12.4. The van der Waals surface area contributed by atoms with Crippen molar-refractivity contribution in [3.05, 3.63) is 29.6 Å². The Balaban J connectivity index is 2.22. The van der Waals surface area contributed by atoms with Crippen molar-refractivity contribution in [2.45, 2.75) is 39.3 Å². The summed E-state index contributed by atoms with van der Waals surface area (Å²) >= 11 is 0. The minimum Gasteiger partial charge on any atom is -0.342 e. The predicted molar refractivity (Wildman–Crippen MR) is 71.2 cm³/mol. The minimum atomic E-state index is -0.851. The van der Waals surface area contributed by atoms with Crippen LogP contribution in [-0.4, -0.2) is 33.8 Å². The Morgan fingerprint density at radius 1 is 1.42 bits per heavy atom. The van der Waals surface area contributed by atoms with Gasteiger partial charge in [-0.2, -0.15) is 0 Å². The number of hydrogen-bond donors (Lipinski definition) is 1. The van der Waals surface area contributed by atoms with Crippen molar-refractivity contribution < 1.29 is 9.59 Å². The van der Waals surface area contributed by atoms with Gasteiger partial charge in [0.25, 0.3) is 0 Å². The van der Waals surface area contributed by atoms with E-state index < -0.39 is 5.54 Å². The molecule has 5 heteroatoms. The van der Waals surface area contributed by atoms with E-state index in [0.717, 1.165) is 11.3 Å². The summed E-state index contributed by atoms with van der Waals surface area (Å²) in [6.07, 6.45) is 2.06. The molecule has 1 N–H and O–H groups in total. The number of hydrogen-bond acceptors (Lipinski definition) is 3. The van der Waals surface area contributed by atoms with Crippen LogP contribution in [0.1, 0.15) is 31.5 Å². The van der Waals surface area contributed by atoms with E-state index in [1.165, 1.54) is 0 Å². The lowest BCUT2D eigenvalue weighted by Crippen LogP contribution is -2.52. The van der Waals surface area contributed by atoms with Gasteiger partial charge in [-0.05, 0) is 32.4 Å². The predicted octanol–water partition coefficient (Wildman–Crippen LogP) is 1.02. The lowest BCUT2D eigenvalue weighted by molar-refractivity contribution is -0.137. The number of nitrogens with one attached hydrogen (secondary N) is 1. The summed E-state index contributed by atoms with van der Waals surface area (Å²) < 4.78 is 0. The molecule has 2 amide bonds. The summed E-state index contributed by atoms with van der Waals surface area (Å²) in [5, 5.41) is 2.75. The fourth-order valence-electron chi connectivity index (χ4n) is 2.21. The summed E-state index contributed by atoms with van der Waals surface area (Å²) in [6, 6.07) is 3.84. The van der Waals surface area contributed by atoms with Crippen LogP contribution in [0.3, 0.4) is 0 Å². The molecule has 0 saturated carbocycles. The normalized spacial score (nSPS) is 19.0. The molecular formula is C14H19N3O2. The SMILES string of the molecule is Cc1cccnc1CN1CCC(=O)NC(C)(C)C1=O. The average Bonchev–Trinajstić information content (AvgIpc) is 2.43. The first kappa shape index (κ1) is 13.5. The Morgan fingerprint density at radius 3 is 2.84 bits per heavy atom. The van der Waals surface area contributed by atoms with Gasteiger partial charge in [-0.3, -0.25) is 14.6 Å². The molecule has 1 aromatic heterocycles. The van der Waals surface area contributed by atoms with E-state index in [4.69, 9.17) is 0 Å². The summed E-state index contributed by atoms with van der Waals surface area (Å²) in [6.45, 7) is 6.32. The molecule has 1 aliphatic heterocycles. The number of carbonyl (C=O) groups is 2. The van der Waals surface area contributed by atoms with Gasteiger partial charge in [0.05, 0.1) is 12.2 Å². The van der Waals surface area contributed by atoms with E-state index in [9.17, 15) is 9.59 Å². The molecule has 1 saturated heterocycles. The fraction of sp³-hybridized carbons (Fsp3) is 0.500. The number of rotatable bonds is 2. The summed E-state index contributed by atoms with van der Waals surface area (Å²) in [5.41, 5.74) is 1.08. The molecular weight excluding hydrogens is 242 g/mol. The van der Waals surface area contributed by atoms with Gasteiger partial charge in [0.2, 0.25) is 11.8 Å². The van der Waals surface area contributed by atoms with Gasteiger partial charge in [0.1, 0.15) is 5.54 Å². The van der Waals surface area contributed by atoms with Gasteiger partial charge in [0, 0.05) is 19.2 Å². The van der Waals surface area contributed by atoms with Crippen LogP contribution in [0.25, 0.3) is 0 Å². The standard InChI is InChI=1S/C14H19N3O2/c1-10-5-4-7-15-11(10)9-17-8-6-12(18)16-14(2,3)13(17)19/h4-5,7H,6,8-9H2,1-3H3,(H,16,18). The zero-order valence-corrected chi connectivity index (χ0v) is 11.6. The molecule has 0 aliphatic carbocycles.